The minimum atomic E-state index is 0.100. The second-order valence-corrected chi connectivity index (χ2v) is 16.0. The van der Waals surface area contributed by atoms with E-state index in [-0.39, 0.29) is 5.41 Å². The number of aromatic nitrogens is 2. The number of nitrogens with zero attached hydrogens (tertiary/aromatic N) is 2. The van der Waals surface area contributed by atoms with E-state index >= 15 is 0 Å². The van der Waals surface area contributed by atoms with E-state index in [4.69, 9.17) is 9.97 Å². The van der Waals surface area contributed by atoms with Gasteiger partial charge in [0.25, 0.3) is 0 Å². The third-order valence-corrected chi connectivity index (χ3v) is 12.7. The highest BCUT2D eigenvalue weighted by Crippen LogP contribution is 2.58. The highest BCUT2D eigenvalue weighted by Gasteiger charge is 2.44. The van der Waals surface area contributed by atoms with E-state index < -0.39 is 0 Å². The Hall–Kier alpha value is -6.90. The summed E-state index contributed by atoms with van der Waals surface area (Å²) in [7, 11) is 0. The summed E-state index contributed by atoms with van der Waals surface area (Å²) in [4.78, 5) is 10.2. The van der Waals surface area contributed by atoms with Crippen molar-refractivity contribution in [1.29, 1.82) is 0 Å². The van der Waals surface area contributed by atoms with E-state index in [1.54, 1.807) is 0 Å². The van der Waals surface area contributed by atoms with Crippen LogP contribution in [0.25, 0.3) is 89.2 Å². The topological polar surface area (TPSA) is 25.8 Å². The van der Waals surface area contributed by atoms with Crippen LogP contribution in [-0.4, -0.2) is 9.97 Å². The maximum absolute atomic E-state index is 5.12. The molecule has 0 amide bonds. The molecule has 276 valence electrons. The smallest absolute Gasteiger partial charge is 0.160 e. The van der Waals surface area contributed by atoms with Gasteiger partial charge in [0.2, 0.25) is 0 Å². The van der Waals surface area contributed by atoms with Gasteiger partial charge in [-0.2, -0.15) is 0 Å². The predicted octanol–water partition coefficient (Wildman–Crippen LogP) is 14.9. The fourth-order valence-corrected chi connectivity index (χ4v) is 9.79. The summed E-state index contributed by atoms with van der Waals surface area (Å²) in [5.41, 5.74) is 18.3. The molecular formula is C56H42N2. The normalized spacial score (nSPS) is 14.0. The molecule has 2 aliphatic rings. The quantitative estimate of drug-likeness (QED) is 0.170. The molecule has 9 aromatic rings. The minimum Gasteiger partial charge on any atom is -0.228 e. The van der Waals surface area contributed by atoms with Crippen molar-refractivity contribution in [3.63, 3.8) is 0 Å². The number of hydrogen-bond donors (Lipinski definition) is 0. The number of fused-ring (bicyclic) bond motifs is 6. The lowest BCUT2D eigenvalue weighted by atomic mass is 9.67. The van der Waals surface area contributed by atoms with Gasteiger partial charge in [-0.25, -0.2) is 9.97 Å². The van der Waals surface area contributed by atoms with Crippen molar-refractivity contribution in [3.8, 4) is 78.4 Å². The molecule has 1 fully saturated rings. The summed E-state index contributed by atoms with van der Waals surface area (Å²) in [6.07, 6.45) is 6.35. The SMILES string of the molecule is c1ccc(-c2ccc(-c3cc(-c4ccc(-c5cccc(-c6cccc7c6-c6cc8ccccc8cc6C76CCCCC6)c5)cc4)nc(-c4ccccc4)n3)cc2)cc1. The molecule has 0 bridgehead atoms. The Bertz CT molecular complexity index is 2940. The molecule has 1 heterocycles. The Balaban J connectivity index is 0.958. The third-order valence-electron chi connectivity index (χ3n) is 12.7. The summed E-state index contributed by atoms with van der Waals surface area (Å²) in [5, 5.41) is 2.66. The highest BCUT2D eigenvalue weighted by molar-refractivity contribution is 5.99. The molecule has 58 heavy (non-hydrogen) atoms. The van der Waals surface area contributed by atoms with Gasteiger partial charge in [0.1, 0.15) is 0 Å². The first kappa shape index (κ1) is 34.4. The van der Waals surface area contributed by atoms with Gasteiger partial charge >= 0.3 is 0 Å². The fourth-order valence-electron chi connectivity index (χ4n) is 9.79. The van der Waals surface area contributed by atoms with Gasteiger partial charge in [-0.1, -0.05) is 189 Å². The molecular weight excluding hydrogens is 701 g/mol. The maximum atomic E-state index is 5.12. The van der Waals surface area contributed by atoms with Crippen LogP contribution < -0.4 is 0 Å². The lowest BCUT2D eigenvalue weighted by Gasteiger charge is -2.36. The Labute approximate surface area is 340 Å². The molecule has 2 aliphatic carbocycles. The van der Waals surface area contributed by atoms with Crippen molar-refractivity contribution in [2.45, 2.75) is 37.5 Å². The first-order chi connectivity index (χ1) is 28.7. The van der Waals surface area contributed by atoms with E-state index in [0.29, 0.717) is 0 Å². The predicted molar refractivity (Wildman–Crippen MR) is 241 cm³/mol. The highest BCUT2D eigenvalue weighted by atomic mass is 14.9. The Morgan fingerprint density at radius 3 is 1.52 bits per heavy atom. The van der Waals surface area contributed by atoms with Crippen molar-refractivity contribution in [2.75, 3.05) is 0 Å². The summed E-state index contributed by atoms with van der Waals surface area (Å²) in [5.74, 6) is 0.719. The zero-order chi connectivity index (χ0) is 38.5. The summed E-state index contributed by atoms with van der Waals surface area (Å²) in [6, 6.07) is 70.5. The van der Waals surface area contributed by atoms with Crippen LogP contribution >= 0.6 is 0 Å². The molecule has 0 aliphatic heterocycles. The number of rotatable bonds is 6. The molecule has 2 nitrogen and oxygen atoms in total. The zero-order valence-corrected chi connectivity index (χ0v) is 32.4. The van der Waals surface area contributed by atoms with Gasteiger partial charge in [-0.05, 0) is 104 Å². The molecule has 1 saturated carbocycles. The Morgan fingerprint density at radius 1 is 0.328 bits per heavy atom. The number of benzene rings is 8. The molecule has 2 heteroatoms. The standard InChI is InChI=1S/C56H42N2/c1-4-14-38(15-5-1)39-24-28-41(29-25-39)52-37-53(58-55(57-52)43-16-6-2-7-17-43)42-30-26-40(27-31-42)44-20-12-21-47(34-44)48-22-13-23-50-54(48)49-35-45-18-8-9-19-46(45)36-51(49)56(50)32-10-3-11-33-56/h1-2,4-9,12-31,34-37H,3,10-11,32-33H2. The second-order valence-electron chi connectivity index (χ2n) is 16.0. The van der Waals surface area contributed by atoms with Gasteiger partial charge in [-0.3, -0.25) is 0 Å². The van der Waals surface area contributed by atoms with Crippen molar-refractivity contribution in [2.24, 2.45) is 0 Å². The first-order valence-corrected chi connectivity index (χ1v) is 20.7. The van der Waals surface area contributed by atoms with Crippen LogP contribution in [0.2, 0.25) is 0 Å². The Morgan fingerprint density at radius 2 is 0.845 bits per heavy atom. The van der Waals surface area contributed by atoms with Crippen LogP contribution in [0.5, 0.6) is 0 Å². The molecule has 0 radical (unpaired) electrons. The average Bonchev–Trinajstić information content (AvgIpc) is 3.56. The van der Waals surface area contributed by atoms with Crippen molar-refractivity contribution in [1.82, 2.24) is 9.97 Å². The molecule has 0 unspecified atom stereocenters. The molecule has 8 aromatic carbocycles. The average molecular weight is 743 g/mol. The molecule has 1 spiro atoms. The largest absolute Gasteiger partial charge is 0.228 e. The van der Waals surface area contributed by atoms with Crippen molar-refractivity contribution in [3.05, 3.63) is 205 Å². The second kappa shape index (κ2) is 14.2. The summed E-state index contributed by atoms with van der Waals surface area (Å²) < 4.78 is 0. The van der Waals surface area contributed by atoms with Crippen LogP contribution in [0.15, 0.2) is 194 Å². The van der Waals surface area contributed by atoms with E-state index in [9.17, 15) is 0 Å². The van der Waals surface area contributed by atoms with Gasteiger partial charge in [0, 0.05) is 22.1 Å². The third kappa shape index (κ3) is 5.96. The van der Waals surface area contributed by atoms with E-state index in [0.717, 1.165) is 33.9 Å². The van der Waals surface area contributed by atoms with Crippen LogP contribution in [0.3, 0.4) is 0 Å². The van der Waals surface area contributed by atoms with Crippen LogP contribution in [0, 0.1) is 0 Å². The monoisotopic (exact) mass is 742 g/mol. The van der Waals surface area contributed by atoms with Crippen LogP contribution in [0.1, 0.15) is 43.2 Å². The van der Waals surface area contributed by atoms with Gasteiger partial charge in [-0.15, -0.1) is 0 Å². The minimum absolute atomic E-state index is 0.100. The summed E-state index contributed by atoms with van der Waals surface area (Å²) in [6.45, 7) is 0. The van der Waals surface area contributed by atoms with Crippen LogP contribution in [0.4, 0.5) is 0 Å². The first-order valence-electron chi connectivity index (χ1n) is 20.7. The van der Waals surface area contributed by atoms with E-state index in [2.05, 4.69) is 176 Å². The van der Waals surface area contributed by atoms with Crippen molar-refractivity contribution >= 4 is 10.8 Å². The molecule has 0 atom stereocenters. The molecule has 0 N–H and O–H groups in total. The maximum Gasteiger partial charge on any atom is 0.160 e. The Kier molecular flexibility index (Phi) is 8.43. The van der Waals surface area contributed by atoms with E-state index in [1.807, 2.05) is 18.2 Å². The zero-order valence-electron chi connectivity index (χ0n) is 32.4. The fraction of sp³-hybridized carbons (Fsp3) is 0.107. The molecule has 1 aromatic heterocycles. The summed E-state index contributed by atoms with van der Waals surface area (Å²) >= 11 is 0. The van der Waals surface area contributed by atoms with Gasteiger partial charge in [0.05, 0.1) is 11.4 Å². The molecule has 11 rings (SSSR count). The van der Waals surface area contributed by atoms with Crippen LogP contribution in [-0.2, 0) is 5.41 Å². The lowest BCUT2D eigenvalue weighted by molar-refractivity contribution is 0.353. The molecule has 0 saturated heterocycles. The van der Waals surface area contributed by atoms with E-state index in [1.165, 1.54) is 98.5 Å². The van der Waals surface area contributed by atoms with Gasteiger partial charge < -0.3 is 0 Å². The lowest BCUT2D eigenvalue weighted by Crippen LogP contribution is -2.28. The number of hydrogen-bond acceptors (Lipinski definition) is 2. The van der Waals surface area contributed by atoms with Gasteiger partial charge in [0.15, 0.2) is 5.82 Å². The van der Waals surface area contributed by atoms with Crippen molar-refractivity contribution < 1.29 is 0 Å².